The number of benzene rings is 1. The van der Waals surface area contributed by atoms with Crippen LogP contribution in [0.1, 0.15) is 12.0 Å². The van der Waals surface area contributed by atoms with Gasteiger partial charge in [0.15, 0.2) is 0 Å². The Morgan fingerprint density at radius 2 is 2.15 bits per heavy atom. The lowest BCUT2D eigenvalue weighted by Crippen LogP contribution is -2.20. The van der Waals surface area contributed by atoms with Crippen LogP contribution in [-0.4, -0.2) is 9.83 Å². The van der Waals surface area contributed by atoms with Gasteiger partial charge in [-0.2, -0.15) is 0 Å². The fourth-order valence-corrected chi connectivity index (χ4v) is 1.95. The minimum absolute atomic E-state index is 0.102. The molecule has 3 heteroatoms. The van der Waals surface area contributed by atoms with Crippen LogP contribution in [0.2, 0.25) is 0 Å². The Balaban J connectivity index is 2.35. The highest BCUT2D eigenvalue weighted by Crippen LogP contribution is 2.24. The van der Waals surface area contributed by atoms with Gasteiger partial charge in [0.2, 0.25) is 5.91 Å². The number of hydrogen-bond donors (Lipinski definition) is 1. The number of carbonyl (C=O) groups excluding carboxylic acids is 1. The third kappa shape index (κ3) is 1.85. The van der Waals surface area contributed by atoms with Crippen molar-refractivity contribution in [2.24, 2.45) is 0 Å². The topological polar surface area (TPSA) is 29.1 Å². The molecule has 0 spiro atoms. The molecule has 0 saturated carbocycles. The third-order valence-electron chi connectivity index (χ3n) is 2.23. The van der Waals surface area contributed by atoms with Crippen LogP contribution in [0.15, 0.2) is 24.3 Å². The molecule has 1 amide bonds. The number of aryl methyl sites for hydroxylation is 1. The zero-order valence-corrected chi connectivity index (χ0v) is 9.24. The summed E-state index contributed by atoms with van der Waals surface area (Å²) >= 11 is 2.19. The highest BCUT2D eigenvalue weighted by atomic mass is 127. The van der Waals surface area contributed by atoms with Crippen LogP contribution in [-0.2, 0) is 11.2 Å². The Hall–Kier alpha value is -0.580. The normalized spacial score (nSPS) is 21.6. The van der Waals surface area contributed by atoms with Gasteiger partial charge in [0.05, 0.1) is 3.92 Å². The fraction of sp³-hybridized carbons (Fsp3) is 0.300. The van der Waals surface area contributed by atoms with Crippen molar-refractivity contribution in [1.82, 2.24) is 0 Å². The first-order valence-corrected chi connectivity index (χ1v) is 5.55. The molecule has 1 aromatic rings. The molecule has 1 heterocycles. The molecule has 2 rings (SSSR count). The maximum Gasteiger partial charge on any atom is 0.237 e. The third-order valence-corrected chi connectivity index (χ3v) is 3.42. The van der Waals surface area contributed by atoms with E-state index in [1.54, 1.807) is 0 Å². The summed E-state index contributed by atoms with van der Waals surface area (Å²) in [6.45, 7) is 0. The molecule has 0 bridgehead atoms. The van der Waals surface area contributed by atoms with Crippen molar-refractivity contribution >= 4 is 34.2 Å². The number of anilines is 1. The van der Waals surface area contributed by atoms with Crippen molar-refractivity contribution in [2.45, 2.75) is 16.8 Å². The minimum Gasteiger partial charge on any atom is -0.325 e. The Bertz CT molecular complexity index is 337. The van der Waals surface area contributed by atoms with E-state index in [4.69, 9.17) is 0 Å². The van der Waals surface area contributed by atoms with Crippen molar-refractivity contribution in [3.63, 3.8) is 0 Å². The fourth-order valence-electron chi connectivity index (χ4n) is 1.48. The summed E-state index contributed by atoms with van der Waals surface area (Å²) in [4.78, 5) is 11.5. The molecule has 0 aromatic heterocycles. The second-order valence-corrected chi connectivity index (χ2v) is 4.66. The molecule has 1 aromatic carbocycles. The molecule has 0 unspecified atom stereocenters. The highest BCUT2D eigenvalue weighted by Gasteiger charge is 2.19. The zero-order valence-electron chi connectivity index (χ0n) is 7.09. The van der Waals surface area contributed by atoms with E-state index < -0.39 is 0 Å². The van der Waals surface area contributed by atoms with Crippen LogP contribution in [0, 0.1) is 0 Å². The van der Waals surface area contributed by atoms with Gasteiger partial charge in [-0.05, 0) is 24.5 Å². The van der Waals surface area contributed by atoms with Gasteiger partial charge in [0, 0.05) is 5.69 Å². The summed E-state index contributed by atoms with van der Waals surface area (Å²) in [6, 6.07) is 8.00. The van der Waals surface area contributed by atoms with E-state index in [9.17, 15) is 4.79 Å². The predicted molar refractivity (Wildman–Crippen MR) is 61.2 cm³/mol. The molecule has 2 nitrogen and oxygen atoms in total. The quantitative estimate of drug-likeness (QED) is 0.576. The van der Waals surface area contributed by atoms with Gasteiger partial charge in [-0.15, -0.1) is 0 Å². The zero-order chi connectivity index (χ0) is 9.26. The molecular formula is C10H10INO. The van der Waals surface area contributed by atoms with E-state index in [1.165, 1.54) is 5.56 Å². The van der Waals surface area contributed by atoms with Crippen molar-refractivity contribution < 1.29 is 4.79 Å². The molecule has 1 N–H and O–H groups in total. The van der Waals surface area contributed by atoms with Crippen molar-refractivity contribution in [2.75, 3.05) is 5.32 Å². The Morgan fingerprint density at radius 1 is 1.38 bits per heavy atom. The summed E-state index contributed by atoms with van der Waals surface area (Å²) < 4.78 is 0.102. The van der Waals surface area contributed by atoms with Crippen LogP contribution in [0.4, 0.5) is 5.69 Å². The average molecular weight is 287 g/mol. The molecule has 0 radical (unpaired) electrons. The van der Waals surface area contributed by atoms with Crippen LogP contribution >= 0.6 is 22.6 Å². The first-order valence-electron chi connectivity index (χ1n) is 4.30. The number of rotatable bonds is 0. The number of alkyl halides is 1. The molecule has 1 aliphatic heterocycles. The number of hydrogen-bond acceptors (Lipinski definition) is 1. The maximum absolute atomic E-state index is 11.5. The van der Waals surface area contributed by atoms with Gasteiger partial charge in [-0.25, -0.2) is 0 Å². The number of amides is 1. The molecule has 0 saturated heterocycles. The Morgan fingerprint density at radius 3 is 3.00 bits per heavy atom. The standard InChI is InChI=1S/C10H10INO/c11-8-6-5-7-3-1-2-4-9(7)12-10(8)13/h1-4,8H,5-6H2,(H,12,13)/t8-/m1/s1. The predicted octanol–water partition coefficient (Wildman–Crippen LogP) is 2.37. The second kappa shape index (κ2) is 3.65. The number of halogens is 1. The van der Waals surface area contributed by atoms with Gasteiger partial charge in [-0.3, -0.25) is 4.79 Å². The number of carbonyl (C=O) groups is 1. The van der Waals surface area contributed by atoms with E-state index in [0.29, 0.717) is 0 Å². The summed E-state index contributed by atoms with van der Waals surface area (Å²) in [5, 5.41) is 2.93. The molecule has 68 valence electrons. The van der Waals surface area contributed by atoms with Gasteiger partial charge in [0.1, 0.15) is 0 Å². The monoisotopic (exact) mass is 287 g/mol. The van der Waals surface area contributed by atoms with Gasteiger partial charge < -0.3 is 5.32 Å². The van der Waals surface area contributed by atoms with Crippen LogP contribution in [0.25, 0.3) is 0 Å². The van der Waals surface area contributed by atoms with E-state index in [1.807, 2.05) is 18.2 Å². The lowest BCUT2D eigenvalue weighted by atomic mass is 10.1. The summed E-state index contributed by atoms with van der Waals surface area (Å²) in [5.74, 6) is 0.130. The molecule has 13 heavy (non-hydrogen) atoms. The SMILES string of the molecule is O=C1Nc2ccccc2CC[C@H]1I. The molecular weight excluding hydrogens is 277 g/mol. The molecule has 1 atom stereocenters. The minimum atomic E-state index is 0.102. The second-order valence-electron chi connectivity index (χ2n) is 3.15. The molecule has 0 fully saturated rings. The lowest BCUT2D eigenvalue weighted by Gasteiger charge is -2.05. The summed E-state index contributed by atoms with van der Waals surface area (Å²) in [5.41, 5.74) is 2.22. The lowest BCUT2D eigenvalue weighted by molar-refractivity contribution is -0.115. The van der Waals surface area contributed by atoms with E-state index in [-0.39, 0.29) is 9.83 Å². The van der Waals surface area contributed by atoms with Crippen LogP contribution < -0.4 is 5.32 Å². The van der Waals surface area contributed by atoms with E-state index in [0.717, 1.165) is 18.5 Å². The molecule has 0 aliphatic carbocycles. The summed E-state index contributed by atoms with van der Waals surface area (Å²) in [6.07, 6.45) is 1.92. The van der Waals surface area contributed by atoms with E-state index >= 15 is 0 Å². The first kappa shape index (κ1) is 8.99. The van der Waals surface area contributed by atoms with Crippen molar-refractivity contribution in [3.05, 3.63) is 29.8 Å². The Kier molecular flexibility index (Phi) is 2.53. The van der Waals surface area contributed by atoms with Gasteiger partial charge in [-0.1, -0.05) is 40.8 Å². The van der Waals surface area contributed by atoms with E-state index in [2.05, 4.69) is 34.0 Å². The Labute approximate surface area is 90.9 Å². The molecule has 1 aliphatic rings. The smallest absolute Gasteiger partial charge is 0.237 e. The average Bonchev–Trinajstić information content (AvgIpc) is 2.28. The van der Waals surface area contributed by atoms with Crippen LogP contribution in [0.5, 0.6) is 0 Å². The van der Waals surface area contributed by atoms with Crippen molar-refractivity contribution in [3.8, 4) is 0 Å². The van der Waals surface area contributed by atoms with Crippen LogP contribution in [0.3, 0.4) is 0 Å². The van der Waals surface area contributed by atoms with Gasteiger partial charge >= 0.3 is 0 Å². The highest BCUT2D eigenvalue weighted by molar-refractivity contribution is 14.1. The number of nitrogens with one attached hydrogen (secondary N) is 1. The summed E-state index contributed by atoms with van der Waals surface area (Å²) in [7, 11) is 0. The van der Waals surface area contributed by atoms with Crippen molar-refractivity contribution in [1.29, 1.82) is 0 Å². The number of para-hydroxylation sites is 1. The maximum atomic E-state index is 11.5. The van der Waals surface area contributed by atoms with Gasteiger partial charge in [0.25, 0.3) is 0 Å². The first-order chi connectivity index (χ1) is 6.27. The number of fused-ring (bicyclic) bond motifs is 1. The largest absolute Gasteiger partial charge is 0.325 e.